The number of aryl methyl sites for hydroxylation is 2. The Balaban J connectivity index is 1.77. The first kappa shape index (κ1) is 21.1. The first-order valence-corrected chi connectivity index (χ1v) is 10.9. The predicted molar refractivity (Wildman–Crippen MR) is 123 cm³/mol. The van der Waals surface area contributed by atoms with E-state index in [2.05, 4.69) is 43.0 Å². The minimum Gasteiger partial charge on any atom is -0.480 e. The number of likely N-dealkylation sites (tertiary alicyclic amines) is 1. The summed E-state index contributed by atoms with van der Waals surface area (Å²) in [6.07, 6.45) is 2.63. The number of ether oxygens (including phenoxy) is 1. The molecule has 0 aliphatic carbocycles. The van der Waals surface area contributed by atoms with Crippen molar-refractivity contribution in [1.29, 1.82) is 0 Å². The Morgan fingerprint density at radius 2 is 1.61 bits per heavy atom. The van der Waals surface area contributed by atoms with Gasteiger partial charge in [0.2, 0.25) is 0 Å². The number of carboxylic acids is 1. The lowest BCUT2D eigenvalue weighted by atomic mass is 9.90. The second kappa shape index (κ2) is 9.36. The third kappa shape index (κ3) is 4.97. The molecule has 0 saturated carbocycles. The van der Waals surface area contributed by atoms with Gasteiger partial charge in [-0.1, -0.05) is 66.1 Å². The van der Waals surface area contributed by atoms with Gasteiger partial charge in [-0.25, -0.2) is 0 Å². The molecule has 2 unspecified atom stereocenters. The van der Waals surface area contributed by atoms with Crippen LogP contribution in [0.25, 0.3) is 0 Å². The molecular formula is C27H29NO3. The maximum absolute atomic E-state index is 12.1. The van der Waals surface area contributed by atoms with E-state index in [0.29, 0.717) is 6.42 Å². The minimum atomic E-state index is -0.745. The minimum absolute atomic E-state index is 0.140. The third-order valence-electron chi connectivity index (χ3n) is 5.87. The molecule has 1 fully saturated rings. The van der Waals surface area contributed by atoms with E-state index in [9.17, 15) is 9.90 Å². The molecule has 4 heteroatoms. The summed E-state index contributed by atoms with van der Waals surface area (Å²) in [6, 6.07) is 23.6. The fourth-order valence-corrected chi connectivity index (χ4v) is 4.64. The van der Waals surface area contributed by atoms with E-state index >= 15 is 0 Å². The van der Waals surface area contributed by atoms with E-state index < -0.39 is 12.0 Å². The van der Waals surface area contributed by atoms with Crippen molar-refractivity contribution in [3.8, 4) is 11.5 Å². The highest BCUT2D eigenvalue weighted by atomic mass is 16.5. The SMILES string of the molecule is Cc1cc(C)cc(C(c2cccc(Oc3ccccc3)c2)N2CCCCC2C(=O)O)c1. The second-order valence-electron chi connectivity index (χ2n) is 8.40. The molecule has 1 N–H and O–H groups in total. The van der Waals surface area contributed by atoms with Crippen molar-refractivity contribution in [2.75, 3.05) is 6.54 Å². The summed E-state index contributed by atoms with van der Waals surface area (Å²) in [6.45, 7) is 4.94. The Morgan fingerprint density at radius 3 is 2.32 bits per heavy atom. The normalized spacial score (nSPS) is 17.8. The number of benzene rings is 3. The van der Waals surface area contributed by atoms with E-state index in [1.807, 2.05) is 48.5 Å². The van der Waals surface area contributed by atoms with Gasteiger partial charge in [0.05, 0.1) is 6.04 Å². The van der Waals surface area contributed by atoms with Gasteiger partial charge >= 0.3 is 5.97 Å². The Bertz CT molecular complexity index is 1030. The molecule has 31 heavy (non-hydrogen) atoms. The summed E-state index contributed by atoms with van der Waals surface area (Å²) in [5.41, 5.74) is 4.54. The van der Waals surface area contributed by atoms with Crippen molar-refractivity contribution < 1.29 is 14.6 Å². The Labute approximate surface area is 184 Å². The van der Waals surface area contributed by atoms with E-state index in [1.165, 1.54) is 11.1 Å². The van der Waals surface area contributed by atoms with Crippen LogP contribution in [0.5, 0.6) is 11.5 Å². The van der Waals surface area contributed by atoms with Gasteiger partial charge < -0.3 is 9.84 Å². The fourth-order valence-electron chi connectivity index (χ4n) is 4.64. The van der Waals surface area contributed by atoms with Crippen LogP contribution < -0.4 is 4.74 Å². The molecule has 0 amide bonds. The van der Waals surface area contributed by atoms with Crippen molar-refractivity contribution in [2.24, 2.45) is 0 Å². The molecule has 0 aromatic heterocycles. The molecule has 0 bridgehead atoms. The summed E-state index contributed by atoms with van der Waals surface area (Å²) >= 11 is 0. The molecule has 0 radical (unpaired) electrons. The number of carbonyl (C=O) groups is 1. The van der Waals surface area contributed by atoms with Crippen LogP contribution in [0, 0.1) is 13.8 Å². The zero-order chi connectivity index (χ0) is 21.8. The number of piperidine rings is 1. The van der Waals surface area contributed by atoms with Crippen LogP contribution >= 0.6 is 0 Å². The molecule has 3 aromatic carbocycles. The molecule has 2 atom stereocenters. The molecule has 3 aromatic rings. The van der Waals surface area contributed by atoms with Crippen LogP contribution in [0.15, 0.2) is 72.8 Å². The zero-order valence-corrected chi connectivity index (χ0v) is 18.1. The summed E-state index contributed by atoms with van der Waals surface area (Å²) in [7, 11) is 0. The summed E-state index contributed by atoms with van der Waals surface area (Å²) in [4.78, 5) is 14.3. The molecular weight excluding hydrogens is 386 g/mol. The van der Waals surface area contributed by atoms with Gasteiger partial charge in [0.25, 0.3) is 0 Å². The van der Waals surface area contributed by atoms with Crippen LogP contribution in [0.3, 0.4) is 0 Å². The number of nitrogens with zero attached hydrogens (tertiary/aromatic N) is 1. The number of hydrogen-bond donors (Lipinski definition) is 1. The van der Waals surface area contributed by atoms with Gasteiger partial charge in [-0.05, 0) is 68.6 Å². The zero-order valence-electron chi connectivity index (χ0n) is 18.1. The fraction of sp³-hybridized carbons (Fsp3) is 0.296. The Kier molecular flexibility index (Phi) is 6.38. The number of rotatable bonds is 6. The summed E-state index contributed by atoms with van der Waals surface area (Å²) in [5.74, 6) is 0.789. The van der Waals surface area contributed by atoms with Crippen molar-refractivity contribution >= 4 is 5.97 Å². The third-order valence-corrected chi connectivity index (χ3v) is 5.87. The van der Waals surface area contributed by atoms with Gasteiger partial charge in [0.15, 0.2) is 0 Å². The Morgan fingerprint density at radius 1 is 0.903 bits per heavy atom. The molecule has 1 aliphatic heterocycles. The maximum Gasteiger partial charge on any atom is 0.320 e. The standard InChI is InChI=1S/C27H29NO3/c1-19-15-20(2)17-22(16-19)26(28-14-7-6-13-25(28)27(29)30)21-9-8-12-24(18-21)31-23-10-4-3-5-11-23/h3-5,8-12,15-18,25-26H,6-7,13-14H2,1-2H3,(H,29,30). The summed E-state index contributed by atoms with van der Waals surface area (Å²) < 4.78 is 6.08. The smallest absolute Gasteiger partial charge is 0.320 e. The average molecular weight is 416 g/mol. The van der Waals surface area contributed by atoms with Crippen LogP contribution in [-0.4, -0.2) is 28.6 Å². The van der Waals surface area contributed by atoms with Crippen LogP contribution in [0.4, 0.5) is 0 Å². The largest absolute Gasteiger partial charge is 0.480 e. The first-order valence-electron chi connectivity index (χ1n) is 10.9. The predicted octanol–water partition coefficient (Wildman–Crippen LogP) is 6.12. The van der Waals surface area contributed by atoms with Crippen LogP contribution in [0.1, 0.15) is 47.6 Å². The number of aliphatic carboxylic acids is 1. The maximum atomic E-state index is 12.1. The van der Waals surface area contributed by atoms with Gasteiger partial charge in [-0.3, -0.25) is 9.69 Å². The van der Waals surface area contributed by atoms with Crippen LogP contribution in [0.2, 0.25) is 0 Å². The lowest BCUT2D eigenvalue weighted by Gasteiger charge is -2.40. The highest BCUT2D eigenvalue weighted by Crippen LogP contribution is 2.37. The van der Waals surface area contributed by atoms with Crippen LogP contribution in [-0.2, 0) is 4.79 Å². The highest BCUT2D eigenvalue weighted by molar-refractivity contribution is 5.73. The van der Waals surface area contributed by atoms with Gasteiger partial charge in [0, 0.05) is 0 Å². The molecule has 4 nitrogen and oxygen atoms in total. The molecule has 1 saturated heterocycles. The van der Waals surface area contributed by atoms with Crippen molar-refractivity contribution in [1.82, 2.24) is 4.90 Å². The van der Waals surface area contributed by atoms with E-state index in [-0.39, 0.29) is 6.04 Å². The number of carboxylic acid groups (broad SMARTS) is 1. The quantitative estimate of drug-likeness (QED) is 0.527. The highest BCUT2D eigenvalue weighted by Gasteiger charge is 2.35. The van der Waals surface area contributed by atoms with Gasteiger partial charge in [-0.2, -0.15) is 0 Å². The van der Waals surface area contributed by atoms with Crippen molar-refractivity contribution in [3.63, 3.8) is 0 Å². The van der Waals surface area contributed by atoms with Gasteiger partial charge in [0.1, 0.15) is 17.5 Å². The lowest BCUT2D eigenvalue weighted by molar-refractivity contribution is -0.145. The van der Waals surface area contributed by atoms with Crippen molar-refractivity contribution in [3.05, 3.63) is 95.1 Å². The topological polar surface area (TPSA) is 49.8 Å². The van der Waals surface area contributed by atoms with Gasteiger partial charge in [-0.15, -0.1) is 0 Å². The van der Waals surface area contributed by atoms with E-state index in [1.54, 1.807) is 0 Å². The molecule has 4 rings (SSSR count). The first-order chi connectivity index (χ1) is 15.0. The molecule has 1 aliphatic rings. The molecule has 0 spiro atoms. The lowest BCUT2D eigenvalue weighted by Crippen LogP contribution is -2.46. The second-order valence-corrected chi connectivity index (χ2v) is 8.40. The summed E-state index contributed by atoms with van der Waals surface area (Å²) in [5, 5.41) is 9.94. The number of hydrogen-bond acceptors (Lipinski definition) is 3. The van der Waals surface area contributed by atoms with Crippen molar-refractivity contribution in [2.45, 2.75) is 45.2 Å². The molecule has 1 heterocycles. The van der Waals surface area contributed by atoms with E-state index in [4.69, 9.17) is 4.74 Å². The number of para-hydroxylation sites is 1. The van der Waals surface area contributed by atoms with E-state index in [0.717, 1.165) is 42.0 Å². The average Bonchev–Trinajstić information content (AvgIpc) is 2.75. The Hall–Kier alpha value is -3.11. The monoisotopic (exact) mass is 415 g/mol. The molecule has 160 valence electrons.